The zero-order valence-corrected chi connectivity index (χ0v) is 12.6. The van der Waals surface area contributed by atoms with Gasteiger partial charge in [0.1, 0.15) is 17.5 Å². The highest BCUT2D eigenvalue weighted by Gasteiger charge is 2.12. The summed E-state index contributed by atoms with van der Waals surface area (Å²) in [4.78, 5) is 14.8. The Bertz CT molecular complexity index is 722. The molecule has 0 saturated carbocycles. The molecule has 1 aromatic carbocycles. The van der Waals surface area contributed by atoms with Crippen LogP contribution < -0.4 is 5.32 Å². The van der Waals surface area contributed by atoms with Gasteiger partial charge in [-0.05, 0) is 30.7 Å². The summed E-state index contributed by atoms with van der Waals surface area (Å²) in [5.74, 6) is 5.00. The molecule has 2 aromatic rings. The van der Waals surface area contributed by atoms with Gasteiger partial charge < -0.3 is 15.4 Å². The second-order valence-corrected chi connectivity index (χ2v) is 5.07. The zero-order valence-electron chi connectivity index (χ0n) is 11.1. The topological polar surface area (TPSA) is 65.1 Å². The van der Waals surface area contributed by atoms with E-state index >= 15 is 0 Å². The number of aryl methyl sites for hydroxylation is 1. The van der Waals surface area contributed by atoms with E-state index in [1.807, 2.05) is 19.1 Å². The molecular weight excluding hydrogens is 311 g/mol. The Hall–Kier alpha value is -1.93. The first-order valence-corrected chi connectivity index (χ1v) is 6.82. The predicted octanol–water partition coefficient (Wildman–Crippen LogP) is 3.23. The molecule has 4 nitrogen and oxygen atoms in total. The van der Waals surface area contributed by atoms with Gasteiger partial charge >= 0.3 is 0 Å². The second kappa shape index (κ2) is 6.68. The van der Waals surface area contributed by atoms with Gasteiger partial charge in [0.25, 0.3) is 5.91 Å². The summed E-state index contributed by atoms with van der Waals surface area (Å²) in [6.45, 7) is 1.66. The Kier molecular flexibility index (Phi) is 4.92. The van der Waals surface area contributed by atoms with E-state index in [2.05, 4.69) is 22.1 Å². The van der Waals surface area contributed by atoms with Gasteiger partial charge in [-0.1, -0.05) is 41.1 Å². The molecule has 1 heterocycles. The lowest BCUT2D eigenvalue weighted by Crippen LogP contribution is -2.13. The van der Waals surface area contributed by atoms with Crippen LogP contribution in [0.2, 0.25) is 10.2 Å². The first-order valence-electron chi connectivity index (χ1n) is 6.07. The van der Waals surface area contributed by atoms with Gasteiger partial charge in [0, 0.05) is 11.3 Å². The molecule has 0 aliphatic heterocycles. The number of hydrogen-bond donors (Lipinski definition) is 3. The van der Waals surface area contributed by atoms with Crippen molar-refractivity contribution in [3.63, 3.8) is 0 Å². The van der Waals surface area contributed by atoms with Crippen molar-refractivity contribution in [2.24, 2.45) is 0 Å². The number of aliphatic hydroxyl groups excluding tert-OH is 1. The van der Waals surface area contributed by atoms with Crippen LogP contribution in [0.4, 0.5) is 5.69 Å². The Labute approximate surface area is 132 Å². The van der Waals surface area contributed by atoms with Crippen molar-refractivity contribution in [3.8, 4) is 11.8 Å². The molecule has 0 aliphatic carbocycles. The van der Waals surface area contributed by atoms with Crippen LogP contribution >= 0.6 is 23.2 Å². The van der Waals surface area contributed by atoms with Gasteiger partial charge in [0.05, 0.1) is 5.02 Å². The van der Waals surface area contributed by atoms with Gasteiger partial charge in [-0.3, -0.25) is 4.79 Å². The number of aromatic nitrogens is 1. The lowest BCUT2D eigenvalue weighted by molar-refractivity contribution is 0.102. The summed E-state index contributed by atoms with van der Waals surface area (Å²) < 4.78 is 0. The maximum absolute atomic E-state index is 12.1. The summed E-state index contributed by atoms with van der Waals surface area (Å²) in [5, 5.41) is 12.0. The van der Waals surface area contributed by atoms with Crippen molar-refractivity contribution in [2.45, 2.75) is 6.92 Å². The highest BCUT2D eigenvalue weighted by molar-refractivity contribution is 6.41. The number of H-pyrrole nitrogens is 1. The van der Waals surface area contributed by atoms with E-state index in [1.54, 1.807) is 6.07 Å². The number of carbonyl (C=O) groups is 1. The number of nitrogens with one attached hydrogen (secondary N) is 2. The molecule has 0 radical (unpaired) electrons. The van der Waals surface area contributed by atoms with Crippen molar-refractivity contribution in [1.29, 1.82) is 0 Å². The largest absolute Gasteiger partial charge is 0.384 e. The lowest BCUT2D eigenvalue weighted by atomic mass is 10.1. The van der Waals surface area contributed by atoms with E-state index in [-0.39, 0.29) is 23.4 Å². The maximum Gasteiger partial charge on any atom is 0.272 e. The number of aliphatic hydroxyl groups is 1. The molecule has 0 bridgehead atoms. The summed E-state index contributed by atoms with van der Waals surface area (Å²) in [6, 6.07) is 6.85. The number of rotatable bonds is 2. The minimum absolute atomic E-state index is 0.213. The van der Waals surface area contributed by atoms with E-state index in [9.17, 15) is 4.79 Å². The molecule has 6 heteroatoms. The molecule has 108 valence electrons. The van der Waals surface area contributed by atoms with Crippen LogP contribution in [0.25, 0.3) is 0 Å². The fraction of sp³-hybridized carbons (Fsp3) is 0.133. The number of halogens is 2. The van der Waals surface area contributed by atoms with Crippen LogP contribution in [0.15, 0.2) is 24.3 Å². The Morgan fingerprint density at radius 1 is 1.38 bits per heavy atom. The van der Waals surface area contributed by atoms with Crippen molar-refractivity contribution in [1.82, 2.24) is 4.98 Å². The first-order chi connectivity index (χ1) is 10.0. The molecule has 0 saturated heterocycles. The average Bonchev–Trinajstić information content (AvgIpc) is 2.79. The molecule has 3 N–H and O–H groups in total. The summed E-state index contributed by atoms with van der Waals surface area (Å²) in [7, 11) is 0. The van der Waals surface area contributed by atoms with Crippen LogP contribution in [-0.2, 0) is 0 Å². The first kappa shape index (κ1) is 15.5. The zero-order chi connectivity index (χ0) is 15.4. The fourth-order valence-corrected chi connectivity index (χ4v) is 2.00. The van der Waals surface area contributed by atoms with Crippen molar-refractivity contribution < 1.29 is 9.90 Å². The monoisotopic (exact) mass is 322 g/mol. The molecule has 0 fully saturated rings. The minimum Gasteiger partial charge on any atom is -0.384 e. The quantitative estimate of drug-likeness (QED) is 0.743. The number of benzene rings is 1. The highest BCUT2D eigenvalue weighted by Crippen LogP contribution is 2.23. The molecule has 0 atom stereocenters. The molecule has 0 unspecified atom stereocenters. The standard InChI is InChI=1S/C15H12Cl2N2O2/c1-9-4-5-10(3-2-6-20)7-12(9)19-15(21)13-8-11(16)14(17)18-13/h4-5,7-8,18,20H,6H2,1H3,(H,19,21). The number of amides is 1. The van der Waals surface area contributed by atoms with Crippen molar-refractivity contribution >= 4 is 34.8 Å². The van der Waals surface area contributed by atoms with E-state index in [0.717, 1.165) is 5.56 Å². The third-order valence-corrected chi connectivity index (χ3v) is 3.46. The average molecular weight is 323 g/mol. The number of anilines is 1. The third-order valence-electron chi connectivity index (χ3n) is 2.77. The summed E-state index contributed by atoms with van der Waals surface area (Å²) in [5.41, 5.74) is 2.50. The van der Waals surface area contributed by atoms with Crippen LogP contribution in [0.1, 0.15) is 21.6 Å². The molecule has 0 spiro atoms. The van der Waals surface area contributed by atoms with E-state index < -0.39 is 0 Å². The van der Waals surface area contributed by atoms with Crippen LogP contribution in [0.3, 0.4) is 0 Å². The maximum atomic E-state index is 12.1. The molecular formula is C15H12Cl2N2O2. The summed E-state index contributed by atoms with van der Waals surface area (Å²) in [6.07, 6.45) is 0. The van der Waals surface area contributed by atoms with Gasteiger partial charge in [-0.15, -0.1) is 0 Å². The highest BCUT2D eigenvalue weighted by atomic mass is 35.5. The smallest absolute Gasteiger partial charge is 0.272 e. The normalized spacial score (nSPS) is 9.90. The number of aromatic amines is 1. The van der Waals surface area contributed by atoms with Crippen LogP contribution in [0.5, 0.6) is 0 Å². The van der Waals surface area contributed by atoms with Crippen LogP contribution in [0, 0.1) is 18.8 Å². The lowest BCUT2D eigenvalue weighted by Gasteiger charge is -2.08. The Balaban J connectivity index is 2.24. The SMILES string of the molecule is Cc1ccc(C#CCO)cc1NC(=O)c1cc(Cl)c(Cl)[nH]1. The van der Waals surface area contributed by atoms with Gasteiger partial charge in [-0.2, -0.15) is 0 Å². The van der Waals surface area contributed by atoms with E-state index in [1.165, 1.54) is 6.07 Å². The third kappa shape index (κ3) is 3.79. The Morgan fingerprint density at radius 2 is 2.14 bits per heavy atom. The molecule has 21 heavy (non-hydrogen) atoms. The molecule has 0 aliphatic rings. The van der Waals surface area contributed by atoms with Gasteiger partial charge in [-0.25, -0.2) is 0 Å². The van der Waals surface area contributed by atoms with Crippen molar-refractivity contribution in [2.75, 3.05) is 11.9 Å². The number of carbonyl (C=O) groups excluding carboxylic acids is 1. The fourth-order valence-electron chi connectivity index (χ4n) is 1.69. The molecule has 1 amide bonds. The van der Waals surface area contributed by atoms with Gasteiger partial charge in [0.2, 0.25) is 0 Å². The van der Waals surface area contributed by atoms with E-state index in [0.29, 0.717) is 16.3 Å². The van der Waals surface area contributed by atoms with Gasteiger partial charge in [0.15, 0.2) is 0 Å². The number of hydrogen-bond acceptors (Lipinski definition) is 2. The molecule has 2 rings (SSSR count). The predicted molar refractivity (Wildman–Crippen MR) is 83.9 cm³/mol. The van der Waals surface area contributed by atoms with Crippen molar-refractivity contribution in [3.05, 3.63) is 51.3 Å². The second-order valence-electron chi connectivity index (χ2n) is 4.29. The Morgan fingerprint density at radius 3 is 2.76 bits per heavy atom. The molecule has 1 aromatic heterocycles. The summed E-state index contributed by atoms with van der Waals surface area (Å²) >= 11 is 11.6. The minimum atomic E-state index is -0.348. The van der Waals surface area contributed by atoms with Crippen LogP contribution in [-0.4, -0.2) is 22.6 Å². The van der Waals surface area contributed by atoms with E-state index in [4.69, 9.17) is 28.3 Å².